The van der Waals surface area contributed by atoms with Crippen molar-refractivity contribution in [1.82, 2.24) is 4.90 Å². The molecule has 7 heteroatoms. The molecule has 0 bridgehead atoms. The molecule has 148 valence electrons. The molecule has 3 rings (SSSR count). The maximum Gasteiger partial charge on any atom is 0.256 e. The van der Waals surface area contributed by atoms with Gasteiger partial charge in [0.25, 0.3) is 5.91 Å². The van der Waals surface area contributed by atoms with Gasteiger partial charge in [-0.05, 0) is 48.5 Å². The number of para-hydroxylation sites is 2. The molecule has 0 aliphatic rings. The van der Waals surface area contributed by atoms with Crippen LogP contribution in [0.25, 0.3) is 0 Å². The van der Waals surface area contributed by atoms with Crippen molar-refractivity contribution < 1.29 is 14.0 Å². The van der Waals surface area contributed by atoms with E-state index in [0.29, 0.717) is 27.6 Å². The quantitative estimate of drug-likeness (QED) is 0.604. The number of carbonyl (C=O) groups is 2. The number of carbonyl (C=O) groups excluding carboxylic acids is 2. The fraction of sp³-hybridized carbons (Fsp3) is 0.0909. The average Bonchev–Trinajstić information content (AvgIpc) is 2.71. The highest BCUT2D eigenvalue weighted by molar-refractivity contribution is 6.33. The number of anilines is 3. The Morgan fingerprint density at radius 1 is 0.931 bits per heavy atom. The van der Waals surface area contributed by atoms with Crippen molar-refractivity contribution in [3.63, 3.8) is 0 Å². The van der Waals surface area contributed by atoms with Gasteiger partial charge in [-0.1, -0.05) is 35.9 Å². The SMILES string of the molecule is CN(CC(=O)Nc1ccccc1Cl)C(=O)c1ccccc1Nc1ccc(F)cc1. The van der Waals surface area contributed by atoms with Crippen LogP contribution >= 0.6 is 11.6 Å². The first-order valence-corrected chi connectivity index (χ1v) is 9.23. The van der Waals surface area contributed by atoms with Crippen LogP contribution in [0.5, 0.6) is 0 Å². The first-order chi connectivity index (χ1) is 13.9. The molecule has 0 aromatic heterocycles. The molecular weight excluding hydrogens is 393 g/mol. The number of amides is 2. The number of hydrogen-bond acceptors (Lipinski definition) is 3. The number of halogens is 2. The summed E-state index contributed by atoms with van der Waals surface area (Å²) < 4.78 is 13.1. The Hall–Kier alpha value is -3.38. The van der Waals surface area contributed by atoms with Crippen molar-refractivity contribution in [2.45, 2.75) is 0 Å². The van der Waals surface area contributed by atoms with Crippen LogP contribution in [0.3, 0.4) is 0 Å². The third kappa shape index (κ3) is 5.33. The highest BCUT2D eigenvalue weighted by Crippen LogP contribution is 2.23. The largest absolute Gasteiger partial charge is 0.355 e. The van der Waals surface area contributed by atoms with Gasteiger partial charge in [0.05, 0.1) is 28.5 Å². The fourth-order valence-corrected chi connectivity index (χ4v) is 2.90. The highest BCUT2D eigenvalue weighted by Gasteiger charge is 2.18. The van der Waals surface area contributed by atoms with Crippen molar-refractivity contribution >= 4 is 40.5 Å². The zero-order chi connectivity index (χ0) is 20.8. The lowest BCUT2D eigenvalue weighted by atomic mass is 10.1. The second-order valence-electron chi connectivity index (χ2n) is 6.37. The lowest BCUT2D eigenvalue weighted by Gasteiger charge is -2.19. The predicted molar refractivity (Wildman–Crippen MR) is 113 cm³/mol. The van der Waals surface area contributed by atoms with Crippen LogP contribution in [-0.4, -0.2) is 30.3 Å². The Balaban J connectivity index is 1.70. The molecule has 2 N–H and O–H groups in total. The zero-order valence-electron chi connectivity index (χ0n) is 15.7. The Kier molecular flexibility index (Phi) is 6.46. The first kappa shape index (κ1) is 20.4. The van der Waals surface area contributed by atoms with E-state index in [1.165, 1.54) is 17.0 Å². The van der Waals surface area contributed by atoms with E-state index in [9.17, 15) is 14.0 Å². The number of likely N-dealkylation sites (N-methyl/N-ethyl adjacent to an activating group) is 1. The molecule has 0 aliphatic carbocycles. The minimum absolute atomic E-state index is 0.144. The number of nitrogens with one attached hydrogen (secondary N) is 2. The molecule has 0 heterocycles. The molecule has 0 spiro atoms. The molecule has 0 aliphatic heterocycles. The van der Waals surface area contributed by atoms with Crippen LogP contribution in [0, 0.1) is 5.82 Å². The Morgan fingerprint density at radius 3 is 2.24 bits per heavy atom. The molecule has 0 atom stereocenters. The van der Waals surface area contributed by atoms with Crippen molar-refractivity contribution in [3.05, 3.63) is 89.2 Å². The summed E-state index contributed by atoms with van der Waals surface area (Å²) in [4.78, 5) is 26.5. The van der Waals surface area contributed by atoms with Crippen molar-refractivity contribution in [2.24, 2.45) is 0 Å². The van der Waals surface area contributed by atoms with Crippen molar-refractivity contribution in [3.8, 4) is 0 Å². The second kappa shape index (κ2) is 9.21. The minimum Gasteiger partial charge on any atom is -0.355 e. The molecule has 29 heavy (non-hydrogen) atoms. The van der Waals surface area contributed by atoms with Crippen LogP contribution in [0.15, 0.2) is 72.8 Å². The topological polar surface area (TPSA) is 61.4 Å². The van der Waals surface area contributed by atoms with Gasteiger partial charge in [-0.3, -0.25) is 9.59 Å². The van der Waals surface area contributed by atoms with E-state index in [1.54, 1.807) is 67.7 Å². The maximum absolute atomic E-state index is 13.1. The molecular formula is C22H19ClFN3O2. The van der Waals surface area contributed by atoms with Crippen molar-refractivity contribution in [1.29, 1.82) is 0 Å². The summed E-state index contributed by atoms with van der Waals surface area (Å²) in [7, 11) is 1.54. The van der Waals surface area contributed by atoms with E-state index in [1.807, 2.05) is 0 Å². The molecule has 3 aromatic carbocycles. The molecule has 5 nitrogen and oxygen atoms in total. The van der Waals surface area contributed by atoms with Crippen LogP contribution in [-0.2, 0) is 4.79 Å². The van der Waals surface area contributed by atoms with Gasteiger partial charge in [0.1, 0.15) is 5.82 Å². The Bertz CT molecular complexity index is 1020. The van der Waals surface area contributed by atoms with Crippen LogP contribution in [0.1, 0.15) is 10.4 Å². The minimum atomic E-state index is -0.363. The van der Waals surface area contributed by atoms with Crippen LogP contribution in [0.2, 0.25) is 5.02 Å². The monoisotopic (exact) mass is 411 g/mol. The molecule has 0 fully saturated rings. The molecule has 0 radical (unpaired) electrons. The lowest BCUT2D eigenvalue weighted by Crippen LogP contribution is -2.35. The van der Waals surface area contributed by atoms with E-state index < -0.39 is 0 Å². The highest BCUT2D eigenvalue weighted by atomic mass is 35.5. The third-order valence-electron chi connectivity index (χ3n) is 4.16. The Morgan fingerprint density at radius 2 is 1.55 bits per heavy atom. The van der Waals surface area contributed by atoms with E-state index >= 15 is 0 Å². The predicted octanol–water partition coefficient (Wildman–Crippen LogP) is 4.93. The third-order valence-corrected chi connectivity index (χ3v) is 4.49. The van der Waals surface area contributed by atoms with Gasteiger partial charge >= 0.3 is 0 Å². The summed E-state index contributed by atoms with van der Waals surface area (Å²) in [6.07, 6.45) is 0. The van der Waals surface area contributed by atoms with Gasteiger partial charge in [-0.15, -0.1) is 0 Å². The summed E-state index contributed by atoms with van der Waals surface area (Å²) >= 11 is 6.04. The maximum atomic E-state index is 13.1. The van der Waals surface area contributed by atoms with Gasteiger partial charge in [0.15, 0.2) is 0 Å². The number of benzene rings is 3. The van der Waals surface area contributed by atoms with E-state index in [0.717, 1.165) is 0 Å². The molecule has 3 aromatic rings. The number of rotatable bonds is 6. The second-order valence-corrected chi connectivity index (χ2v) is 6.77. The molecule has 0 unspecified atom stereocenters. The standard InChI is InChI=1S/C22H19ClFN3O2/c1-27(14-21(28)26-20-9-5-3-7-18(20)23)22(29)17-6-2-4-8-19(17)25-16-12-10-15(24)11-13-16/h2-13,25H,14H2,1H3,(H,26,28). The number of nitrogens with zero attached hydrogens (tertiary/aromatic N) is 1. The average molecular weight is 412 g/mol. The first-order valence-electron chi connectivity index (χ1n) is 8.85. The summed E-state index contributed by atoms with van der Waals surface area (Å²) in [6, 6.07) is 19.6. The molecule has 2 amide bonds. The van der Waals surface area contributed by atoms with Crippen LogP contribution in [0.4, 0.5) is 21.5 Å². The lowest BCUT2D eigenvalue weighted by molar-refractivity contribution is -0.116. The number of hydrogen-bond donors (Lipinski definition) is 2. The summed E-state index contributed by atoms with van der Waals surface area (Å²) in [6.45, 7) is -0.144. The fourth-order valence-electron chi connectivity index (χ4n) is 2.71. The van der Waals surface area contributed by atoms with Gasteiger partial charge in [0.2, 0.25) is 5.91 Å². The smallest absolute Gasteiger partial charge is 0.256 e. The zero-order valence-corrected chi connectivity index (χ0v) is 16.4. The normalized spacial score (nSPS) is 10.3. The Labute approximate surface area is 173 Å². The van der Waals surface area contributed by atoms with Gasteiger partial charge in [0, 0.05) is 12.7 Å². The van der Waals surface area contributed by atoms with Crippen molar-refractivity contribution in [2.75, 3.05) is 24.2 Å². The van der Waals surface area contributed by atoms with Gasteiger partial charge < -0.3 is 15.5 Å². The summed E-state index contributed by atoms with van der Waals surface area (Å²) in [5, 5.41) is 6.22. The van der Waals surface area contributed by atoms with Crippen LogP contribution < -0.4 is 10.6 Å². The van der Waals surface area contributed by atoms with Gasteiger partial charge in [-0.25, -0.2) is 4.39 Å². The summed E-state index contributed by atoms with van der Waals surface area (Å²) in [5.41, 5.74) is 2.08. The van der Waals surface area contributed by atoms with Gasteiger partial charge in [-0.2, -0.15) is 0 Å². The summed E-state index contributed by atoms with van der Waals surface area (Å²) in [5.74, 6) is -1.04. The van der Waals surface area contributed by atoms with E-state index in [-0.39, 0.29) is 24.2 Å². The molecule has 0 saturated carbocycles. The van der Waals surface area contributed by atoms with E-state index in [4.69, 9.17) is 11.6 Å². The van der Waals surface area contributed by atoms with E-state index in [2.05, 4.69) is 10.6 Å². The molecule has 0 saturated heterocycles.